The van der Waals surface area contributed by atoms with E-state index >= 15 is 0 Å². The minimum atomic E-state index is -2.80. The number of benzene rings is 1. The Bertz CT molecular complexity index is 618. The highest BCUT2D eigenvalue weighted by Gasteiger charge is 2.43. The smallest absolute Gasteiger partial charge is 0.537 e. The fourth-order valence-corrected chi connectivity index (χ4v) is 6.84. The van der Waals surface area contributed by atoms with E-state index in [1.54, 1.807) is 0 Å². The maximum atomic E-state index is 6.02. The summed E-state index contributed by atoms with van der Waals surface area (Å²) in [6.07, 6.45) is 9.28. The van der Waals surface area contributed by atoms with Gasteiger partial charge in [0.2, 0.25) is 6.34 Å². The molecule has 0 saturated heterocycles. The molecule has 2 aliphatic rings. The predicted molar refractivity (Wildman–Crippen MR) is 115 cm³/mol. The molecule has 7 heteroatoms. The topological polar surface area (TPSA) is 33.9 Å². The number of nitrogens with zero attached hydrogens (tertiary/aromatic N) is 2. The Kier molecular flexibility index (Phi) is 10.3. The van der Waals surface area contributed by atoms with Crippen molar-refractivity contribution in [3.05, 3.63) is 29.8 Å². The van der Waals surface area contributed by atoms with Crippen molar-refractivity contribution in [1.82, 2.24) is 4.90 Å². The van der Waals surface area contributed by atoms with Gasteiger partial charge in [0.25, 0.3) is 0 Å². The Hall–Kier alpha value is -0.733. The molecule has 1 heterocycles. The number of rotatable bonds is 10. The van der Waals surface area contributed by atoms with Gasteiger partial charge >= 0.3 is 8.80 Å². The van der Waals surface area contributed by atoms with Crippen LogP contribution in [0.5, 0.6) is 0 Å². The van der Waals surface area contributed by atoms with Gasteiger partial charge in [-0.05, 0) is 52.0 Å². The van der Waals surface area contributed by atoms with E-state index in [0.29, 0.717) is 19.8 Å². The van der Waals surface area contributed by atoms with E-state index in [1.807, 2.05) is 20.8 Å². The maximum absolute atomic E-state index is 6.02. The molecule has 0 N–H and O–H groups in total. The van der Waals surface area contributed by atoms with E-state index in [9.17, 15) is 0 Å². The summed E-state index contributed by atoms with van der Waals surface area (Å²) in [5.41, 5.74) is 1.32. The van der Waals surface area contributed by atoms with Gasteiger partial charge < -0.3 is 30.3 Å². The van der Waals surface area contributed by atoms with Crippen molar-refractivity contribution >= 4 is 20.3 Å². The summed E-state index contributed by atoms with van der Waals surface area (Å²) >= 11 is 0. The van der Waals surface area contributed by atoms with Crippen LogP contribution in [0.2, 0.25) is 0 Å². The molecule has 0 unspecified atom stereocenters. The van der Waals surface area contributed by atoms with Gasteiger partial charge in [-0.3, -0.25) is 9.48 Å². The Labute approximate surface area is 188 Å². The van der Waals surface area contributed by atoms with Gasteiger partial charge in [-0.2, -0.15) is 0 Å². The summed E-state index contributed by atoms with van der Waals surface area (Å²) in [6.45, 7) is 11.0. The van der Waals surface area contributed by atoms with Crippen LogP contribution < -0.4 is 22.2 Å². The molecule has 1 aliphatic heterocycles. The fourth-order valence-electron chi connectivity index (χ4n) is 4.37. The molecule has 1 saturated carbocycles. The Morgan fingerprint density at radius 2 is 1.52 bits per heavy atom. The van der Waals surface area contributed by atoms with Crippen LogP contribution >= 0.6 is 0 Å². The molecule has 0 amide bonds. The van der Waals surface area contributed by atoms with Crippen molar-refractivity contribution in [2.45, 2.75) is 65.5 Å². The van der Waals surface area contributed by atoms with Crippen LogP contribution in [0.25, 0.3) is 0 Å². The molecule has 5 nitrogen and oxygen atoms in total. The summed E-state index contributed by atoms with van der Waals surface area (Å²) in [5.74, 6) is 0. The van der Waals surface area contributed by atoms with E-state index in [0.717, 1.165) is 30.9 Å². The highest BCUT2D eigenvalue weighted by molar-refractivity contribution is 6.75. The van der Waals surface area contributed by atoms with E-state index in [-0.39, 0.29) is 17.0 Å². The highest BCUT2D eigenvalue weighted by Crippen LogP contribution is 2.21. The lowest BCUT2D eigenvalue weighted by Gasteiger charge is -2.28. The molecule has 0 radical (unpaired) electrons. The van der Waals surface area contributed by atoms with Crippen molar-refractivity contribution in [1.29, 1.82) is 0 Å². The molecule has 0 bridgehead atoms. The summed E-state index contributed by atoms with van der Waals surface area (Å²) in [5, 5.41) is 1.05. The summed E-state index contributed by atoms with van der Waals surface area (Å²) < 4.78 is 20.6. The summed E-state index contributed by atoms with van der Waals surface area (Å²) in [4.78, 5) is 2.45. The van der Waals surface area contributed by atoms with Crippen molar-refractivity contribution in [2.75, 3.05) is 32.9 Å². The number of halogens is 1. The Morgan fingerprint density at radius 1 is 0.931 bits per heavy atom. The average molecular weight is 486 g/mol. The number of hydrogen-bond donors (Lipinski definition) is 0. The normalized spacial score (nSPS) is 17.9. The van der Waals surface area contributed by atoms with E-state index in [2.05, 4.69) is 40.1 Å². The first-order valence-corrected chi connectivity index (χ1v) is 12.8. The van der Waals surface area contributed by atoms with Crippen LogP contribution in [-0.4, -0.2) is 63.6 Å². The molecule has 0 aromatic heterocycles. The monoisotopic (exact) mass is 484 g/mol. The molecule has 1 aromatic rings. The first-order chi connectivity index (χ1) is 13.7. The molecule has 1 aromatic carbocycles. The second-order valence-corrected chi connectivity index (χ2v) is 10.2. The largest absolute Gasteiger partial charge is 1.00 e. The average Bonchev–Trinajstić information content (AvgIpc) is 3.18. The maximum Gasteiger partial charge on any atom is 0.537 e. The van der Waals surface area contributed by atoms with Crippen LogP contribution in [-0.2, 0) is 19.8 Å². The third-order valence-corrected chi connectivity index (χ3v) is 8.74. The predicted octanol–water partition coefficient (Wildman–Crippen LogP) is 0.135. The Balaban J connectivity index is 0.00000300. The van der Waals surface area contributed by atoms with Crippen LogP contribution in [0.15, 0.2) is 24.3 Å². The molecule has 1 aliphatic carbocycles. The quantitative estimate of drug-likeness (QED) is 0.349. The van der Waals surface area contributed by atoms with Crippen LogP contribution in [0, 0.1) is 0 Å². The minimum absolute atomic E-state index is 0. The lowest BCUT2D eigenvalue weighted by atomic mass is 9.95. The molecule has 3 rings (SSSR count). The molecular weight excluding hydrogens is 448 g/mol. The zero-order chi connectivity index (χ0) is 19.8. The third-order valence-electron chi connectivity index (χ3n) is 5.70. The van der Waals surface area contributed by atoms with Gasteiger partial charge in [-0.1, -0.05) is 30.7 Å². The van der Waals surface area contributed by atoms with Gasteiger partial charge in [0.15, 0.2) is 0 Å². The van der Waals surface area contributed by atoms with Gasteiger partial charge in [0.05, 0.1) is 6.04 Å². The second kappa shape index (κ2) is 12.2. The molecular formula is C22H37BrN2O3Si. The van der Waals surface area contributed by atoms with Crippen LogP contribution in [0.4, 0.5) is 0 Å². The van der Waals surface area contributed by atoms with Crippen molar-refractivity contribution in [2.24, 2.45) is 0 Å². The van der Waals surface area contributed by atoms with Crippen LogP contribution in [0.3, 0.4) is 0 Å². The van der Waals surface area contributed by atoms with Gasteiger partial charge in [-0.15, -0.1) is 0 Å². The minimum Gasteiger partial charge on any atom is -1.00 e. The fraction of sp³-hybridized carbons (Fsp3) is 0.682. The molecule has 0 atom stereocenters. The van der Waals surface area contributed by atoms with E-state index in [1.165, 1.54) is 37.7 Å². The second-order valence-electron chi connectivity index (χ2n) is 7.67. The zero-order valence-corrected chi connectivity index (χ0v) is 20.8. The van der Waals surface area contributed by atoms with E-state index < -0.39 is 8.80 Å². The summed E-state index contributed by atoms with van der Waals surface area (Å²) in [7, 11) is -2.80. The lowest BCUT2D eigenvalue weighted by Crippen LogP contribution is -3.00. The van der Waals surface area contributed by atoms with Gasteiger partial charge in [-0.25, -0.2) is 0 Å². The molecule has 29 heavy (non-hydrogen) atoms. The first kappa shape index (κ1) is 24.5. The zero-order valence-electron chi connectivity index (χ0n) is 18.2. The number of hydrogen-bond acceptors (Lipinski definition) is 4. The first-order valence-electron chi connectivity index (χ1n) is 11.1. The molecule has 0 spiro atoms. The standard InChI is InChI=1S/C22H37N2O3Si.BrH/c1-4-25-28(26-5-2,27-6-3)22-14-12-20(13-15-22)18-23-16-17-24(19-23)21-10-8-7-9-11-21;/h12-15,19,21H,4-11,16-18H2,1-3H3;1H/q+1;/p-1. The third kappa shape index (κ3) is 6.37. The van der Waals surface area contributed by atoms with Crippen molar-refractivity contribution in [3.8, 4) is 0 Å². The van der Waals surface area contributed by atoms with Gasteiger partial charge in [0.1, 0.15) is 19.6 Å². The molecule has 164 valence electrons. The molecule has 1 fully saturated rings. The van der Waals surface area contributed by atoms with Crippen molar-refractivity contribution < 1.29 is 34.8 Å². The van der Waals surface area contributed by atoms with Crippen molar-refractivity contribution in [3.63, 3.8) is 0 Å². The van der Waals surface area contributed by atoms with Gasteiger partial charge in [0, 0.05) is 25.0 Å². The lowest BCUT2D eigenvalue weighted by molar-refractivity contribution is -0.557. The summed E-state index contributed by atoms with van der Waals surface area (Å²) in [6, 6.07) is 9.43. The highest BCUT2D eigenvalue weighted by atomic mass is 79.9. The SMILES string of the molecule is CCO[Si](OCC)(OCC)c1ccc(CN2C=[N+](C3CCCCC3)CC2)cc1.[Br-]. The van der Waals surface area contributed by atoms with E-state index in [4.69, 9.17) is 13.3 Å². The Morgan fingerprint density at radius 3 is 2.07 bits per heavy atom. The van der Waals surface area contributed by atoms with Crippen LogP contribution in [0.1, 0.15) is 58.4 Å².